The highest BCUT2D eigenvalue weighted by Gasteiger charge is 2.27. The van der Waals surface area contributed by atoms with Crippen LogP contribution >= 0.6 is 11.3 Å². The Bertz CT molecular complexity index is 988. The molecule has 2 aromatic heterocycles. The van der Waals surface area contributed by atoms with Crippen LogP contribution in [0, 0.1) is 12.8 Å². The molecule has 192 valence electrons. The second-order valence-electron chi connectivity index (χ2n) is 9.83. The molecule has 4 rings (SSSR count). The van der Waals surface area contributed by atoms with Crippen molar-refractivity contribution in [3.8, 4) is 0 Å². The van der Waals surface area contributed by atoms with Crippen LogP contribution in [0.4, 0.5) is 13.2 Å². The van der Waals surface area contributed by atoms with Crippen LogP contribution in [0.15, 0.2) is 12.1 Å². The molecule has 1 N–H and O–H groups in total. The summed E-state index contributed by atoms with van der Waals surface area (Å²) in [5, 5.41) is 12.8. The highest BCUT2D eigenvalue weighted by atomic mass is 32.1. The molecule has 0 spiro atoms. The van der Waals surface area contributed by atoms with Gasteiger partial charge in [-0.05, 0) is 76.0 Å². The van der Waals surface area contributed by atoms with Crippen LogP contribution in [0.5, 0.6) is 0 Å². The van der Waals surface area contributed by atoms with Crippen molar-refractivity contribution in [3.05, 3.63) is 39.1 Å². The van der Waals surface area contributed by atoms with Crippen molar-refractivity contribution in [2.24, 2.45) is 5.92 Å². The number of hydrogen-bond acceptors (Lipinski definition) is 6. The minimum absolute atomic E-state index is 0.0314. The highest BCUT2D eigenvalue weighted by Crippen LogP contribution is 2.28. The Morgan fingerprint density at radius 1 is 1.14 bits per heavy atom. The first-order valence-electron chi connectivity index (χ1n) is 12.6. The van der Waals surface area contributed by atoms with Gasteiger partial charge in [0.2, 0.25) is 5.91 Å². The Morgan fingerprint density at radius 3 is 2.63 bits per heavy atom. The first-order chi connectivity index (χ1) is 16.7. The summed E-state index contributed by atoms with van der Waals surface area (Å²) in [4.78, 5) is 19.3. The summed E-state index contributed by atoms with van der Waals surface area (Å²) in [6.07, 6.45) is 2.41. The van der Waals surface area contributed by atoms with Crippen LogP contribution in [-0.2, 0) is 30.5 Å². The number of halogens is 3. The van der Waals surface area contributed by atoms with Crippen molar-refractivity contribution in [1.29, 1.82) is 0 Å². The largest absolute Gasteiger partial charge is 0.389 e. The minimum atomic E-state index is -4.14. The van der Waals surface area contributed by atoms with Crippen LogP contribution in [-0.4, -0.2) is 57.8 Å². The topological polar surface area (TPSA) is 71.0 Å². The van der Waals surface area contributed by atoms with Crippen molar-refractivity contribution >= 4 is 17.2 Å². The maximum absolute atomic E-state index is 12.5. The van der Waals surface area contributed by atoms with Gasteiger partial charge in [-0.15, -0.1) is 21.5 Å². The van der Waals surface area contributed by atoms with E-state index in [0.29, 0.717) is 18.0 Å². The molecule has 6 nitrogen and oxygen atoms in total. The SMILES string of the molecule is Cc1nnc(CC(=O)NC2CCC(CCN3CCc4ccc(CCC(F)(F)F)nc4CC3)CC2)s1. The summed E-state index contributed by atoms with van der Waals surface area (Å²) in [6, 6.07) is 3.98. The van der Waals surface area contributed by atoms with Gasteiger partial charge in [-0.3, -0.25) is 9.78 Å². The van der Waals surface area contributed by atoms with Gasteiger partial charge in [-0.25, -0.2) is 0 Å². The predicted molar refractivity (Wildman–Crippen MR) is 129 cm³/mol. The molecule has 1 aliphatic carbocycles. The van der Waals surface area contributed by atoms with E-state index in [4.69, 9.17) is 0 Å². The molecule has 1 fully saturated rings. The second kappa shape index (κ2) is 11.8. The fraction of sp³-hybridized carbons (Fsp3) is 0.680. The number of amides is 1. The normalized spacial score (nSPS) is 21.4. The van der Waals surface area contributed by atoms with Gasteiger partial charge in [0.05, 0.1) is 6.42 Å². The molecule has 0 unspecified atom stereocenters. The maximum atomic E-state index is 12.5. The number of nitrogens with zero attached hydrogens (tertiary/aromatic N) is 4. The molecule has 2 aromatic rings. The molecule has 1 amide bonds. The maximum Gasteiger partial charge on any atom is 0.389 e. The lowest BCUT2D eigenvalue weighted by molar-refractivity contribution is -0.134. The minimum Gasteiger partial charge on any atom is -0.353 e. The summed E-state index contributed by atoms with van der Waals surface area (Å²) < 4.78 is 37.6. The molecule has 1 aliphatic heterocycles. The molecular formula is C25H34F3N5OS. The van der Waals surface area contributed by atoms with Gasteiger partial charge >= 0.3 is 6.18 Å². The van der Waals surface area contributed by atoms with E-state index in [9.17, 15) is 18.0 Å². The van der Waals surface area contributed by atoms with Crippen LogP contribution in [0.3, 0.4) is 0 Å². The lowest BCUT2D eigenvalue weighted by Gasteiger charge is -2.30. The number of aryl methyl sites for hydroxylation is 2. The van der Waals surface area contributed by atoms with Gasteiger partial charge in [0.15, 0.2) is 0 Å². The van der Waals surface area contributed by atoms with E-state index in [1.807, 2.05) is 13.0 Å². The number of carbonyl (C=O) groups excluding carboxylic acids is 1. The van der Waals surface area contributed by atoms with E-state index >= 15 is 0 Å². The van der Waals surface area contributed by atoms with Gasteiger partial charge in [-0.1, -0.05) is 6.07 Å². The van der Waals surface area contributed by atoms with E-state index in [1.165, 1.54) is 16.9 Å². The smallest absolute Gasteiger partial charge is 0.353 e. The number of alkyl halides is 3. The summed E-state index contributed by atoms with van der Waals surface area (Å²) in [5.74, 6) is 0.704. The van der Waals surface area contributed by atoms with Gasteiger partial charge in [0.25, 0.3) is 0 Å². The molecular weight excluding hydrogens is 475 g/mol. The van der Waals surface area contributed by atoms with Crippen molar-refractivity contribution in [3.63, 3.8) is 0 Å². The van der Waals surface area contributed by atoms with Crippen LogP contribution < -0.4 is 5.32 Å². The summed E-state index contributed by atoms with van der Waals surface area (Å²) in [5.41, 5.74) is 2.67. The monoisotopic (exact) mass is 509 g/mol. The van der Waals surface area contributed by atoms with E-state index in [-0.39, 0.29) is 18.4 Å². The molecule has 10 heteroatoms. The zero-order valence-electron chi connectivity index (χ0n) is 20.2. The Kier molecular flexibility index (Phi) is 8.75. The molecule has 35 heavy (non-hydrogen) atoms. The molecule has 2 aliphatic rings. The Labute approximate surface area is 208 Å². The van der Waals surface area contributed by atoms with E-state index in [0.717, 1.165) is 80.3 Å². The zero-order chi connectivity index (χ0) is 24.8. The number of carbonyl (C=O) groups is 1. The van der Waals surface area contributed by atoms with Crippen molar-refractivity contribution in [1.82, 2.24) is 25.4 Å². The summed E-state index contributed by atoms with van der Waals surface area (Å²) in [6.45, 7) is 4.79. The standard InChI is InChI=1S/C25H34F3N5OS/c1-17-31-32-24(35-17)16-23(34)30-20-5-2-18(3-6-20)9-13-33-14-10-19-4-7-21(8-12-25(26,27)28)29-22(19)11-15-33/h4,7,18,20H,2-3,5-6,8-16H2,1H3,(H,30,34). The van der Waals surface area contributed by atoms with Crippen LogP contribution in [0.25, 0.3) is 0 Å². The Morgan fingerprint density at radius 2 is 1.91 bits per heavy atom. The number of rotatable bonds is 8. The van der Waals surface area contributed by atoms with Crippen molar-refractivity contribution in [2.75, 3.05) is 19.6 Å². The van der Waals surface area contributed by atoms with Gasteiger partial charge in [0, 0.05) is 43.4 Å². The molecule has 0 saturated heterocycles. The number of aromatic nitrogens is 3. The first kappa shape index (κ1) is 26.0. The van der Waals surface area contributed by atoms with E-state index in [1.54, 1.807) is 6.07 Å². The van der Waals surface area contributed by atoms with Gasteiger partial charge in [0.1, 0.15) is 10.0 Å². The predicted octanol–water partition coefficient (Wildman–Crippen LogP) is 4.44. The zero-order valence-corrected chi connectivity index (χ0v) is 21.1. The third kappa shape index (κ3) is 8.24. The molecule has 0 bridgehead atoms. The number of hydrogen-bond donors (Lipinski definition) is 1. The summed E-state index contributed by atoms with van der Waals surface area (Å²) in [7, 11) is 0. The average molecular weight is 510 g/mol. The van der Waals surface area contributed by atoms with E-state index in [2.05, 4.69) is 25.4 Å². The number of pyridine rings is 1. The fourth-order valence-electron chi connectivity index (χ4n) is 5.09. The molecule has 0 aromatic carbocycles. The molecule has 3 heterocycles. The Hall–Kier alpha value is -2.07. The van der Waals surface area contributed by atoms with Gasteiger partial charge in [-0.2, -0.15) is 13.2 Å². The lowest BCUT2D eigenvalue weighted by Crippen LogP contribution is -2.39. The second-order valence-corrected chi connectivity index (χ2v) is 11.1. The van der Waals surface area contributed by atoms with Crippen LogP contribution in [0.2, 0.25) is 0 Å². The molecule has 0 radical (unpaired) electrons. The van der Waals surface area contributed by atoms with Crippen molar-refractivity contribution < 1.29 is 18.0 Å². The number of fused-ring (bicyclic) bond motifs is 1. The third-order valence-corrected chi connectivity index (χ3v) is 7.94. The number of nitrogens with one attached hydrogen (secondary N) is 1. The first-order valence-corrected chi connectivity index (χ1v) is 13.4. The third-order valence-electron chi connectivity index (χ3n) is 7.10. The van der Waals surface area contributed by atoms with Crippen molar-refractivity contribution in [2.45, 2.75) is 83.4 Å². The van der Waals surface area contributed by atoms with Crippen LogP contribution in [0.1, 0.15) is 65.5 Å². The summed E-state index contributed by atoms with van der Waals surface area (Å²) >= 11 is 1.47. The lowest BCUT2D eigenvalue weighted by atomic mass is 9.84. The average Bonchev–Trinajstić information content (AvgIpc) is 3.10. The van der Waals surface area contributed by atoms with E-state index < -0.39 is 12.6 Å². The fourth-order valence-corrected chi connectivity index (χ4v) is 5.80. The van der Waals surface area contributed by atoms with Gasteiger partial charge < -0.3 is 10.2 Å². The molecule has 0 atom stereocenters. The highest BCUT2D eigenvalue weighted by molar-refractivity contribution is 7.11. The Balaban J connectivity index is 1.16. The molecule has 1 saturated carbocycles. The quantitative estimate of drug-likeness (QED) is 0.570.